The maximum atomic E-state index is 15.0. The molecule has 1 fully saturated rings. The molecule has 2 aromatic carbocycles. The molecule has 0 saturated carbocycles. The number of aromatic amines is 1. The summed E-state index contributed by atoms with van der Waals surface area (Å²) in [7, 11) is 2.38. The van der Waals surface area contributed by atoms with Crippen LogP contribution in [0.4, 0.5) is 31.7 Å². The largest absolute Gasteiger partial charge is 0.494 e. The zero-order valence-electron chi connectivity index (χ0n) is 22.7. The molecule has 2 N–H and O–H groups in total. The molecule has 2 aromatic heterocycles. The zero-order valence-corrected chi connectivity index (χ0v) is 22.7. The number of methoxy groups -OCH3 is 2. The first kappa shape index (κ1) is 27.8. The van der Waals surface area contributed by atoms with Crippen molar-refractivity contribution >= 4 is 39.6 Å². The molecular formula is C28H28F2N6O5. The van der Waals surface area contributed by atoms with Crippen LogP contribution < -0.4 is 19.7 Å². The van der Waals surface area contributed by atoms with Gasteiger partial charge < -0.3 is 29.6 Å². The number of nitrogens with one attached hydrogen (secondary N) is 2. The summed E-state index contributed by atoms with van der Waals surface area (Å²) >= 11 is 0. The Labute approximate surface area is 233 Å². The van der Waals surface area contributed by atoms with Crippen LogP contribution in [0.3, 0.4) is 0 Å². The molecule has 0 amide bonds. The number of hydrogen-bond donors (Lipinski definition) is 2. The lowest BCUT2D eigenvalue weighted by Gasteiger charge is -2.35. The quantitative estimate of drug-likeness (QED) is 0.166. The summed E-state index contributed by atoms with van der Waals surface area (Å²) in [4.78, 5) is 36.5. The number of piperazine rings is 1. The van der Waals surface area contributed by atoms with E-state index in [9.17, 15) is 14.9 Å². The van der Waals surface area contributed by atoms with Crippen molar-refractivity contribution in [2.24, 2.45) is 0 Å². The van der Waals surface area contributed by atoms with Gasteiger partial charge in [-0.25, -0.2) is 13.8 Å². The van der Waals surface area contributed by atoms with Crippen LogP contribution in [0.5, 0.6) is 11.5 Å². The number of halogens is 2. The monoisotopic (exact) mass is 566 g/mol. The Kier molecular flexibility index (Phi) is 7.70. The summed E-state index contributed by atoms with van der Waals surface area (Å²) < 4.78 is 40.0. The number of nitrogens with zero attached hydrogens (tertiary/aromatic N) is 4. The zero-order chi connectivity index (χ0) is 29.3. The van der Waals surface area contributed by atoms with E-state index in [2.05, 4.69) is 32.0 Å². The normalized spacial score (nSPS) is 13.8. The van der Waals surface area contributed by atoms with Crippen molar-refractivity contribution in [2.45, 2.75) is 6.92 Å². The number of benzene rings is 2. The fourth-order valence-corrected chi connectivity index (χ4v) is 4.93. The molecule has 5 rings (SSSR count). The molecule has 4 aromatic rings. The number of anilines is 3. The number of pyridine rings is 1. The number of rotatable bonds is 9. The van der Waals surface area contributed by atoms with Crippen LogP contribution in [0, 0.1) is 21.7 Å². The van der Waals surface area contributed by atoms with Gasteiger partial charge in [0.2, 0.25) is 5.78 Å². The molecule has 41 heavy (non-hydrogen) atoms. The number of aromatic nitrogens is 2. The number of ether oxygens (including phenoxy) is 2. The first-order valence-electron chi connectivity index (χ1n) is 12.9. The minimum atomic E-state index is -1.16. The maximum absolute atomic E-state index is 15.0. The van der Waals surface area contributed by atoms with Crippen LogP contribution >= 0.6 is 0 Å². The Bertz CT molecular complexity index is 1610. The van der Waals surface area contributed by atoms with Crippen molar-refractivity contribution in [3.05, 3.63) is 75.6 Å². The van der Waals surface area contributed by atoms with E-state index >= 15 is 8.78 Å². The SMILES string of the molecule is CCN1CCN(c2ccc(Nc3cc4c(C(=O)c5c(F)c(OC)cc(OC)c5F)c[nH]c4cn3)c([N+](=O)[O-])c2)CC1. The number of fused-ring (bicyclic) bond motifs is 1. The molecule has 0 aliphatic carbocycles. The molecule has 3 heterocycles. The van der Waals surface area contributed by atoms with Gasteiger partial charge in [0.15, 0.2) is 23.1 Å². The molecule has 0 radical (unpaired) electrons. The Hall–Kier alpha value is -4.78. The Morgan fingerprint density at radius 2 is 1.78 bits per heavy atom. The summed E-state index contributed by atoms with van der Waals surface area (Å²) in [5, 5.41) is 15.2. The third-order valence-electron chi connectivity index (χ3n) is 7.24. The fourth-order valence-electron chi connectivity index (χ4n) is 4.93. The molecule has 11 nitrogen and oxygen atoms in total. The van der Waals surface area contributed by atoms with Gasteiger partial charge in [-0.05, 0) is 24.7 Å². The highest BCUT2D eigenvalue weighted by Crippen LogP contribution is 2.35. The van der Waals surface area contributed by atoms with Gasteiger partial charge in [0, 0.05) is 61.1 Å². The predicted octanol–water partition coefficient (Wildman–Crippen LogP) is 4.88. The first-order chi connectivity index (χ1) is 19.7. The molecule has 13 heteroatoms. The molecule has 0 bridgehead atoms. The van der Waals surface area contributed by atoms with Crippen LogP contribution in [0.25, 0.3) is 10.9 Å². The van der Waals surface area contributed by atoms with E-state index in [-0.39, 0.29) is 34.3 Å². The van der Waals surface area contributed by atoms with Gasteiger partial charge in [-0.2, -0.15) is 0 Å². The number of carbonyl (C=O) groups is 1. The van der Waals surface area contributed by atoms with Gasteiger partial charge in [-0.15, -0.1) is 0 Å². The highest BCUT2D eigenvalue weighted by molar-refractivity contribution is 6.17. The van der Waals surface area contributed by atoms with E-state index in [4.69, 9.17) is 9.47 Å². The first-order valence-corrected chi connectivity index (χ1v) is 12.9. The minimum absolute atomic E-state index is 0.0328. The van der Waals surface area contributed by atoms with Crippen molar-refractivity contribution in [2.75, 3.05) is 57.2 Å². The highest BCUT2D eigenvalue weighted by Gasteiger charge is 2.28. The van der Waals surface area contributed by atoms with Crippen molar-refractivity contribution < 1.29 is 28.0 Å². The number of nitro groups is 1. The second-order valence-electron chi connectivity index (χ2n) is 9.44. The Morgan fingerprint density at radius 3 is 2.39 bits per heavy atom. The van der Waals surface area contributed by atoms with E-state index in [1.807, 2.05) is 6.07 Å². The van der Waals surface area contributed by atoms with Crippen molar-refractivity contribution in [1.29, 1.82) is 0 Å². The average Bonchev–Trinajstić information content (AvgIpc) is 3.41. The number of likely N-dealkylation sites (N-methyl/N-ethyl adjacent to an activating group) is 1. The van der Waals surface area contributed by atoms with Gasteiger partial charge in [-0.1, -0.05) is 6.92 Å². The van der Waals surface area contributed by atoms with Gasteiger partial charge in [0.25, 0.3) is 5.69 Å². The molecule has 1 aliphatic heterocycles. The van der Waals surface area contributed by atoms with E-state index < -0.39 is 27.9 Å². The summed E-state index contributed by atoms with van der Waals surface area (Å²) in [6.45, 7) is 6.34. The average molecular weight is 567 g/mol. The van der Waals surface area contributed by atoms with Crippen LogP contribution in [-0.2, 0) is 0 Å². The van der Waals surface area contributed by atoms with Gasteiger partial charge in [-0.3, -0.25) is 14.9 Å². The third-order valence-corrected chi connectivity index (χ3v) is 7.24. The number of nitro benzene ring substituents is 1. The second-order valence-corrected chi connectivity index (χ2v) is 9.44. The molecule has 0 unspecified atom stereocenters. The summed E-state index contributed by atoms with van der Waals surface area (Å²) in [5.74, 6) is -3.77. The summed E-state index contributed by atoms with van der Waals surface area (Å²) in [6.07, 6.45) is 2.74. The van der Waals surface area contributed by atoms with Crippen molar-refractivity contribution in [1.82, 2.24) is 14.9 Å². The summed E-state index contributed by atoms with van der Waals surface area (Å²) in [5.41, 5.74) is 0.369. The number of H-pyrrole nitrogens is 1. The van der Waals surface area contributed by atoms with Crippen LogP contribution in [-0.4, -0.2) is 72.5 Å². The predicted molar refractivity (Wildman–Crippen MR) is 150 cm³/mol. The van der Waals surface area contributed by atoms with Gasteiger partial charge in [0.1, 0.15) is 17.1 Å². The van der Waals surface area contributed by atoms with Gasteiger partial charge in [0.05, 0.1) is 30.9 Å². The lowest BCUT2D eigenvalue weighted by atomic mass is 10.0. The van der Waals surface area contributed by atoms with Crippen LogP contribution in [0.15, 0.2) is 42.7 Å². The van der Waals surface area contributed by atoms with E-state index in [1.54, 1.807) is 6.07 Å². The van der Waals surface area contributed by atoms with Crippen molar-refractivity contribution in [3.63, 3.8) is 0 Å². The highest BCUT2D eigenvalue weighted by atomic mass is 19.1. The van der Waals surface area contributed by atoms with E-state index in [1.165, 1.54) is 38.7 Å². The van der Waals surface area contributed by atoms with Gasteiger partial charge >= 0.3 is 0 Å². The lowest BCUT2D eigenvalue weighted by Crippen LogP contribution is -2.46. The number of ketones is 1. The minimum Gasteiger partial charge on any atom is -0.494 e. The fraction of sp³-hybridized carbons (Fsp3) is 0.286. The van der Waals surface area contributed by atoms with E-state index in [0.29, 0.717) is 10.9 Å². The van der Waals surface area contributed by atoms with Crippen molar-refractivity contribution in [3.8, 4) is 11.5 Å². The Balaban J connectivity index is 1.47. The molecule has 1 saturated heterocycles. The molecular weight excluding hydrogens is 538 g/mol. The number of hydrogen-bond acceptors (Lipinski definition) is 9. The number of carbonyl (C=O) groups excluding carboxylic acids is 1. The lowest BCUT2D eigenvalue weighted by molar-refractivity contribution is -0.383. The molecule has 1 aliphatic rings. The Morgan fingerprint density at radius 1 is 1.10 bits per heavy atom. The second kappa shape index (κ2) is 11.4. The molecule has 0 spiro atoms. The van der Waals surface area contributed by atoms with Crippen LogP contribution in [0.2, 0.25) is 0 Å². The standard InChI is InChI=1S/C28H28F2N6O5/c1-4-34-7-9-35(10-8-34)16-5-6-19(21(11-16)36(38)39)33-24-12-17-18(14-31-20(17)15-32-24)28(37)25-26(29)22(40-2)13-23(41-3)27(25)30/h5-6,11-15,31H,4,7-10H2,1-3H3,(H,32,33). The topological polar surface area (TPSA) is 126 Å². The van der Waals surface area contributed by atoms with E-state index in [0.717, 1.165) is 44.5 Å². The summed E-state index contributed by atoms with van der Waals surface area (Å²) in [6, 6.07) is 7.44. The molecule has 0 atom stereocenters. The maximum Gasteiger partial charge on any atom is 0.294 e. The third kappa shape index (κ3) is 5.23. The molecule has 214 valence electrons. The van der Waals surface area contributed by atoms with Crippen LogP contribution in [0.1, 0.15) is 22.8 Å². The smallest absolute Gasteiger partial charge is 0.294 e.